The molecule has 0 unspecified atom stereocenters. The van der Waals surface area contributed by atoms with Crippen molar-refractivity contribution in [1.29, 1.82) is 0 Å². The third-order valence-corrected chi connectivity index (χ3v) is 5.73. The van der Waals surface area contributed by atoms with Crippen LogP contribution >= 0.6 is 23.4 Å². The Morgan fingerprint density at radius 1 is 1.28 bits per heavy atom. The van der Waals surface area contributed by atoms with E-state index >= 15 is 0 Å². The summed E-state index contributed by atoms with van der Waals surface area (Å²) in [6, 6.07) is 11.8. The number of rotatable bonds is 9. The third-order valence-electron chi connectivity index (χ3n) is 4.44. The number of allylic oxidation sites excluding steroid dienone is 1. The minimum absolute atomic E-state index is 0.0217. The van der Waals surface area contributed by atoms with Crippen molar-refractivity contribution in [3.8, 4) is 11.4 Å². The van der Waals surface area contributed by atoms with Crippen LogP contribution in [-0.2, 0) is 11.3 Å². The van der Waals surface area contributed by atoms with E-state index in [0.717, 1.165) is 11.3 Å². The smallest absolute Gasteiger partial charge is 0.271 e. The molecule has 0 radical (unpaired) electrons. The molecule has 1 amide bonds. The Hall–Kier alpha value is -3.37. The number of hydrogen-bond acceptors (Lipinski definition) is 7. The van der Waals surface area contributed by atoms with Crippen molar-refractivity contribution in [2.45, 2.75) is 11.7 Å². The zero-order valence-corrected chi connectivity index (χ0v) is 19.1. The van der Waals surface area contributed by atoms with E-state index in [1.165, 1.54) is 30.0 Å². The van der Waals surface area contributed by atoms with E-state index in [4.69, 9.17) is 11.6 Å². The van der Waals surface area contributed by atoms with Crippen molar-refractivity contribution in [2.24, 2.45) is 0 Å². The maximum atomic E-state index is 12.4. The number of aromatic nitrogens is 3. The van der Waals surface area contributed by atoms with Crippen LogP contribution in [0.2, 0.25) is 5.02 Å². The number of halogens is 1. The molecule has 0 bridgehead atoms. The van der Waals surface area contributed by atoms with Gasteiger partial charge in [-0.3, -0.25) is 19.5 Å². The van der Waals surface area contributed by atoms with E-state index in [9.17, 15) is 14.9 Å². The number of anilines is 2. The quantitative estimate of drug-likeness (QED) is 0.211. The zero-order chi connectivity index (χ0) is 23.3. The Bertz CT molecular complexity index is 1150. The summed E-state index contributed by atoms with van der Waals surface area (Å²) in [7, 11) is 3.94. The van der Waals surface area contributed by atoms with Crippen LogP contribution in [0, 0.1) is 10.1 Å². The van der Waals surface area contributed by atoms with Crippen LogP contribution in [0.1, 0.15) is 0 Å². The van der Waals surface area contributed by atoms with Crippen LogP contribution < -0.4 is 10.2 Å². The van der Waals surface area contributed by atoms with Crippen LogP contribution in [0.25, 0.3) is 11.4 Å². The predicted octanol–water partition coefficient (Wildman–Crippen LogP) is 4.49. The first-order chi connectivity index (χ1) is 15.3. The minimum atomic E-state index is -0.550. The first-order valence-corrected chi connectivity index (χ1v) is 10.8. The summed E-state index contributed by atoms with van der Waals surface area (Å²) in [6.07, 6.45) is 1.73. The van der Waals surface area contributed by atoms with Crippen LogP contribution in [0.15, 0.2) is 60.3 Å². The summed E-state index contributed by atoms with van der Waals surface area (Å²) >= 11 is 7.24. The minimum Gasteiger partial charge on any atom is -0.378 e. The highest BCUT2D eigenvalue weighted by Gasteiger charge is 2.17. The first kappa shape index (κ1) is 23.3. The summed E-state index contributed by atoms with van der Waals surface area (Å²) in [5.41, 5.74) is 1.98. The molecule has 0 aliphatic heterocycles. The lowest BCUT2D eigenvalue weighted by molar-refractivity contribution is -0.384. The van der Waals surface area contributed by atoms with Gasteiger partial charge in [0, 0.05) is 44.0 Å². The molecule has 2 aromatic carbocycles. The van der Waals surface area contributed by atoms with E-state index in [-0.39, 0.29) is 28.1 Å². The number of carbonyl (C=O) groups is 1. The van der Waals surface area contributed by atoms with Crippen molar-refractivity contribution in [3.63, 3.8) is 0 Å². The number of carbonyl (C=O) groups excluding carboxylic acids is 1. The van der Waals surface area contributed by atoms with E-state index in [1.807, 2.05) is 47.8 Å². The van der Waals surface area contributed by atoms with Gasteiger partial charge in [0.15, 0.2) is 11.0 Å². The molecule has 0 saturated heterocycles. The second-order valence-electron chi connectivity index (χ2n) is 6.90. The van der Waals surface area contributed by atoms with Crippen molar-refractivity contribution in [3.05, 3.63) is 70.3 Å². The highest BCUT2D eigenvalue weighted by molar-refractivity contribution is 7.99. The molecule has 3 rings (SSSR count). The van der Waals surface area contributed by atoms with E-state index in [0.29, 0.717) is 17.5 Å². The van der Waals surface area contributed by atoms with Crippen LogP contribution in [-0.4, -0.2) is 45.4 Å². The lowest BCUT2D eigenvalue weighted by atomic mass is 10.2. The number of benzene rings is 2. The zero-order valence-electron chi connectivity index (χ0n) is 17.5. The highest BCUT2D eigenvalue weighted by atomic mass is 35.5. The standard InChI is InChI=1S/C21H21ClN6O3S/c1-4-11-27-20(14-5-7-15(8-6-14)26(2)3)24-25-21(27)32-13-19(29)23-18-12-16(28(30)31)9-10-17(18)22/h4-10,12H,1,11,13H2,2-3H3,(H,23,29). The van der Waals surface area contributed by atoms with Gasteiger partial charge in [-0.25, -0.2) is 0 Å². The fraction of sp³-hybridized carbons (Fsp3) is 0.190. The average molecular weight is 473 g/mol. The van der Waals surface area contributed by atoms with E-state index in [1.54, 1.807) is 6.08 Å². The van der Waals surface area contributed by atoms with E-state index < -0.39 is 4.92 Å². The van der Waals surface area contributed by atoms with Crippen molar-refractivity contribution >= 4 is 46.3 Å². The second-order valence-corrected chi connectivity index (χ2v) is 8.25. The molecule has 166 valence electrons. The number of nitrogens with one attached hydrogen (secondary N) is 1. The Morgan fingerprint density at radius 2 is 2.00 bits per heavy atom. The molecule has 32 heavy (non-hydrogen) atoms. The molecule has 0 spiro atoms. The van der Waals surface area contributed by atoms with Gasteiger partial charge in [-0.2, -0.15) is 0 Å². The van der Waals surface area contributed by atoms with Gasteiger partial charge in [-0.05, 0) is 30.3 Å². The fourth-order valence-electron chi connectivity index (χ4n) is 2.85. The van der Waals surface area contributed by atoms with Gasteiger partial charge >= 0.3 is 0 Å². The summed E-state index contributed by atoms with van der Waals surface area (Å²) in [5, 5.41) is 22.8. The largest absolute Gasteiger partial charge is 0.378 e. The van der Waals surface area contributed by atoms with Crippen molar-refractivity contribution in [1.82, 2.24) is 14.8 Å². The third kappa shape index (κ3) is 5.45. The molecular formula is C21H21ClN6O3S. The second kappa shape index (κ2) is 10.3. The molecule has 0 fully saturated rings. The maximum Gasteiger partial charge on any atom is 0.271 e. The molecule has 0 saturated carbocycles. The summed E-state index contributed by atoms with van der Waals surface area (Å²) in [6.45, 7) is 4.26. The SMILES string of the molecule is C=CCn1c(SCC(=O)Nc2cc([N+](=O)[O-])ccc2Cl)nnc1-c1ccc(N(C)C)cc1. The van der Waals surface area contributed by atoms with Crippen molar-refractivity contribution < 1.29 is 9.72 Å². The van der Waals surface area contributed by atoms with Crippen LogP contribution in [0.3, 0.4) is 0 Å². The Balaban J connectivity index is 1.74. The normalized spacial score (nSPS) is 10.6. The number of hydrogen-bond donors (Lipinski definition) is 1. The van der Waals surface area contributed by atoms with Gasteiger partial charge < -0.3 is 10.2 Å². The molecule has 1 aromatic heterocycles. The van der Waals surface area contributed by atoms with Crippen molar-refractivity contribution in [2.75, 3.05) is 30.1 Å². The molecule has 0 aliphatic rings. The molecule has 1 heterocycles. The average Bonchev–Trinajstić information content (AvgIpc) is 3.16. The highest BCUT2D eigenvalue weighted by Crippen LogP contribution is 2.28. The number of thioether (sulfide) groups is 1. The van der Waals surface area contributed by atoms with Gasteiger partial charge in [0.25, 0.3) is 5.69 Å². The van der Waals surface area contributed by atoms with Gasteiger partial charge in [-0.1, -0.05) is 29.4 Å². The number of nitrogens with zero attached hydrogens (tertiary/aromatic N) is 5. The number of amides is 1. The predicted molar refractivity (Wildman–Crippen MR) is 127 cm³/mol. The van der Waals surface area contributed by atoms with E-state index in [2.05, 4.69) is 22.1 Å². The Morgan fingerprint density at radius 3 is 2.62 bits per heavy atom. The topological polar surface area (TPSA) is 106 Å². The molecule has 0 aliphatic carbocycles. The number of nitro benzene ring substituents is 1. The molecular weight excluding hydrogens is 452 g/mol. The molecule has 0 atom stereocenters. The fourth-order valence-corrected chi connectivity index (χ4v) is 3.76. The van der Waals surface area contributed by atoms with Gasteiger partial charge in [0.1, 0.15) is 0 Å². The lowest BCUT2D eigenvalue weighted by Crippen LogP contribution is -2.15. The molecule has 11 heteroatoms. The molecule has 3 aromatic rings. The number of non-ortho nitro benzene ring substituents is 1. The van der Waals surface area contributed by atoms with Crippen LogP contribution in [0.5, 0.6) is 0 Å². The van der Waals surface area contributed by atoms with Gasteiger partial charge in [0.2, 0.25) is 5.91 Å². The summed E-state index contributed by atoms with van der Waals surface area (Å²) in [5.74, 6) is 0.315. The Labute approximate surface area is 194 Å². The summed E-state index contributed by atoms with van der Waals surface area (Å²) < 4.78 is 1.87. The lowest BCUT2D eigenvalue weighted by Gasteiger charge is -2.13. The van der Waals surface area contributed by atoms with Crippen LogP contribution in [0.4, 0.5) is 17.1 Å². The van der Waals surface area contributed by atoms with Gasteiger partial charge in [0.05, 0.1) is 21.4 Å². The maximum absolute atomic E-state index is 12.4. The summed E-state index contributed by atoms with van der Waals surface area (Å²) in [4.78, 5) is 24.8. The Kier molecular flexibility index (Phi) is 7.49. The monoisotopic (exact) mass is 472 g/mol. The molecule has 9 nitrogen and oxygen atoms in total. The first-order valence-electron chi connectivity index (χ1n) is 9.48. The van der Waals surface area contributed by atoms with Gasteiger partial charge in [-0.15, -0.1) is 16.8 Å². The number of nitro groups is 1. The molecule has 1 N–H and O–H groups in total.